The summed E-state index contributed by atoms with van der Waals surface area (Å²) >= 11 is 0. The zero-order valence-corrected chi connectivity index (χ0v) is 11.1. The van der Waals surface area contributed by atoms with Crippen molar-refractivity contribution in [3.05, 3.63) is 40.1 Å². The molecule has 2 aromatic rings. The molecule has 0 bridgehead atoms. The van der Waals surface area contributed by atoms with E-state index in [1.807, 2.05) is 7.05 Å². The number of carboxylic acid groups (broad SMARTS) is 1. The Morgan fingerprint density at radius 2 is 2.33 bits per heavy atom. The lowest BCUT2D eigenvalue weighted by molar-refractivity contribution is -0.385. The van der Waals surface area contributed by atoms with Crippen LogP contribution >= 0.6 is 0 Å². The van der Waals surface area contributed by atoms with Crippen molar-refractivity contribution >= 4 is 17.5 Å². The molecule has 0 atom stereocenters. The molecule has 0 unspecified atom stereocenters. The largest absolute Gasteiger partial charge is 0.477 e. The second kappa shape index (κ2) is 5.94. The van der Waals surface area contributed by atoms with Crippen molar-refractivity contribution in [1.29, 1.82) is 0 Å². The van der Waals surface area contributed by atoms with Crippen LogP contribution in [0.3, 0.4) is 0 Å². The average molecular weight is 292 g/mol. The van der Waals surface area contributed by atoms with Crippen LogP contribution in [0, 0.1) is 10.1 Å². The summed E-state index contributed by atoms with van der Waals surface area (Å²) in [5.41, 5.74) is -0.947. The lowest BCUT2D eigenvalue weighted by Crippen LogP contribution is -2.11. The van der Waals surface area contributed by atoms with Gasteiger partial charge >= 0.3 is 11.7 Å². The number of aryl methyl sites for hydroxylation is 1. The summed E-state index contributed by atoms with van der Waals surface area (Å²) in [6.45, 7) is 0.441. The molecule has 10 nitrogen and oxygen atoms in total. The number of carbonyl (C=O) groups is 1. The van der Waals surface area contributed by atoms with E-state index >= 15 is 0 Å². The first-order valence-corrected chi connectivity index (χ1v) is 5.93. The fourth-order valence-corrected chi connectivity index (χ4v) is 1.70. The Bertz CT molecular complexity index is 683. The summed E-state index contributed by atoms with van der Waals surface area (Å²) in [5, 5.41) is 30.2. The van der Waals surface area contributed by atoms with Crippen LogP contribution in [0.2, 0.25) is 0 Å². The maximum absolute atomic E-state index is 11.0. The summed E-state index contributed by atoms with van der Waals surface area (Å²) in [7, 11) is 1.81. The van der Waals surface area contributed by atoms with Crippen molar-refractivity contribution in [2.45, 2.75) is 6.42 Å². The van der Waals surface area contributed by atoms with E-state index in [1.165, 1.54) is 0 Å². The Morgan fingerprint density at radius 1 is 1.57 bits per heavy atom. The van der Waals surface area contributed by atoms with Crippen LogP contribution in [0.15, 0.2) is 18.6 Å². The SMILES string of the molecule is Cn1cnnc1CCNc1cc(C(=O)O)c([N+](=O)[O-])cn1. The van der Waals surface area contributed by atoms with Gasteiger partial charge in [0.25, 0.3) is 0 Å². The molecular weight excluding hydrogens is 280 g/mol. The van der Waals surface area contributed by atoms with Crippen molar-refractivity contribution in [2.24, 2.45) is 7.05 Å². The van der Waals surface area contributed by atoms with Crippen LogP contribution in [0.25, 0.3) is 0 Å². The van der Waals surface area contributed by atoms with Crippen LogP contribution in [-0.2, 0) is 13.5 Å². The van der Waals surface area contributed by atoms with E-state index in [1.54, 1.807) is 10.9 Å². The van der Waals surface area contributed by atoms with Gasteiger partial charge in [-0.25, -0.2) is 9.78 Å². The van der Waals surface area contributed by atoms with Crippen LogP contribution in [0.1, 0.15) is 16.2 Å². The van der Waals surface area contributed by atoms with Gasteiger partial charge in [-0.15, -0.1) is 10.2 Å². The zero-order valence-electron chi connectivity index (χ0n) is 11.1. The molecule has 0 aliphatic heterocycles. The van der Waals surface area contributed by atoms with Gasteiger partial charge in [0.1, 0.15) is 29.7 Å². The number of nitrogens with one attached hydrogen (secondary N) is 1. The lowest BCUT2D eigenvalue weighted by Gasteiger charge is -2.06. The highest BCUT2D eigenvalue weighted by Gasteiger charge is 2.20. The summed E-state index contributed by atoms with van der Waals surface area (Å²) < 4.78 is 1.76. The minimum Gasteiger partial charge on any atom is -0.477 e. The third-order valence-corrected chi connectivity index (χ3v) is 2.77. The second-order valence-electron chi connectivity index (χ2n) is 4.18. The number of rotatable bonds is 6. The van der Waals surface area contributed by atoms with E-state index in [4.69, 9.17) is 5.11 Å². The topological polar surface area (TPSA) is 136 Å². The normalized spacial score (nSPS) is 10.3. The number of hydrogen-bond acceptors (Lipinski definition) is 7. The molecule has 0 aromatic carbocycles. The number of aromatic nitrogens is 4. The number of carboxylic acids is 1. The molecule has 0 fully saturated rings. The van der Waals surface area contributed by atoms with Gasteiger partial charge in [-0.05, 0) is 0 Å². The van der Waals surface area contributed by atoms with Gasteiger partial charge in [0.15, 0.2) is 0 Å². The maximum Gasteiger partial charge on any atom is 0.342 e. The molecule has 0 aliphatic rings. The highest BCUT2D eigenvalue weighted by Crippen LogP contribution is 2.20. The maximum atomic E-state index is 11.0. The van der Waals surface area contributed by atoms with Crippen molar-refractivity contribution in [1.82, 2.24) is 19.7 Å². The van der Waals surface area contributed by atoms with E-state index in [-0.39, 0.29) is 5.82 Å². The second-order valence-corrected chi connectivity index (χ2v) is 4.18. The van der Waals surface area contributed by atoms with Crippen molar-refractivity contribution in [2.75, 3.05) is 11.9 Å². The van der Waals surface area contributed by atoms with Gasteiger partial charge in [0, 0.05) is 26.1 Å². The van der Waals surface area contributed by atoms with Gasteiger partial charge in [-0.2, -0.15) is 0 Å². The number of nitro groups is 1. The Morgan fingerprint density at radius 3 is 2.90 bits per heavy atom. The van der Waals surface area contributed by atoms with Gasteiger partial charge in [-0.3, -0.25) is 10.1 Å². The highest BCUT2D eigenvalue weighted by molar-refractivity contribution is 5.93. The Labute approximate surface area is 118 Å². The Kier molecular flexibility index (Phi) is 4.07. The predicted octanol–water partition coefficient (Wildman–Crippen LogP) is 0.471. The highest BCUT2D eigenvalue weighted by atomic mass is 16.6. The minimum absolute atomic E-state index is 0.250. The molecule has 2 aromatic heterocycles. The monoisotopic (exact) mass is 292 g/mol. The Balaban J connectivity index is 2.07. The quantitative estimate of drug-likeness (QED) is 0.579. The van der Waals surface area contributed by atoms with Crippen LogP contribution in [0.4, 0.5) is 11.5 Å². The molecule has 2 heterocycles. The van der Waals surface area contributed by atoms with Gasteiger partial charge in [0.05, 0.1) is 4.92 Å². The first kappa shape index (κ1) is 14.4. The van der Waals surface area contributed by atoms with Crippen LogP contribution in [0.5, 0.6) is 0 Å². The fraction of sp³-hybridized carbons (Fsp3) is 0.273. The predicted molar refractivity (Wildman–Crippen MR) is 71.0 cm³/mol. The molecule has 110 valence electrons. The molecule has 2 N–H and O–H groups in total. The molecule has 0 saturated heterocycles. The van der Waals surface area contributed by atoms with Crippen LogP contribution < -0.4 is 5.32 Å². The standard InChI is InChI=1S/C11H12N6O4/c1-16-6-14-15-10(16)2-3-12-9-4-7(11(18)19)8(5-13-9)17(20)21/h4-6H,2-3H2,1H3,(H,12,13)(H,18,19). The van der Waals surface area contributed by atoms with Crippen molar-refractivity contribution < 1.29 is 14.8 Å². The summed E-state index contributed by atoms with van der Waals surface area (Å²) in [6, 6.07) is 1.14. The molecule has 0 saturated carbocycles. The smallest absolute Gasteiger partial charge is 0.342 e. The molecule has 0 aliphatic carbocycles. The van der Waals surface area contributed by atoms with Gasteiger partial charge in [-0.1, -0.05) is 0 Å². The molecular formula is C11H12N6O4. The molecule has 21 heavy (non-hydrogen) atoms. The van der Waals surface area contributed by atoms with E-state index in [2.05, 4.69) is 20.5 Å². The summed E-state index contributed by atoms with van der Waals surface area (Å²) in [4.78, 5) is 24.8. The number of pyridine rings is 1. The van der Waals surface area contributed by atoms with Gasteiger partial charge < -0.3 is 15.0 Å². The molecule has 2 rings (SSSR count). The van der Waals surface area contributed by atoms with Gasteiger partial charge in [0.2, 0.25) is 0 Å². The van der Waals surface area contributed by atoms with E-state index in [9.17, 15) is 14.9 Å². The number of anilines is 1. The molecule has 0 amide bonds. The van der Waals surface area contributed by atoms with Crippen LogP contribution in [-0.4, -0.2) is 42.3 Å². The third-order valence-electron chi connectivity index (χ3n) is 2.77. The zero-order chi connectivity index (χ0) is 15.4. The first-order chi connectivity index (χ1) is 9.99. The van der Waals surface area contributed by atoms with E-state index < -0.39 is 22.1 Å². The lowest BCUT2D eigenvalue weighted by atomic mass is 10.2. The third kappa shape index (κ3) is 3.29. The minimum atomic E-state index is -1.37. The molecule has 0 radical (unpaired) electrons. The summed E-state index contributed by atoms with van der Waals surface area (Å²) in [6.07, 6.45) is 3.05. The fourth-order valence-electron chi connectivity index (χ4n) is 1.70. The van der Waals surface area contributed by atoms with E-state index in [0.29, 0.717) is 13.0 Å². The summed E-state index contributed by atoms with van der Waals surface area (Å²) in [5.74, 6) is -0.372. The molecule has 10 heteroatoms. The number of aromatic carboxylic acids is 1. The molecule has 0 spiro atoms. The van der Waals surface area contributed by atoms with Crippen molar-refractivity contribution in [3.63, 3.8) is 0 Å². The average Bonchev–Trinajstić information content (AvgIpc) is 2.84. The first-order valence-electron chi connectivity index (χ1n) is 5.93. The number of nitrogens with zero attached hydrogens (tertiary/aromatic N) is 5. The van der Waals surface area contributed by atoms with Crippen molar-refractivity contribution in [3.8, 4) is 0 Å². The number of hydrogen-bond donors (Lipinski definition) is 2. The van der Waals surface area contributed by atoms with E-state index in [0.717, 1.165) is 18.1 Å². The Hall–Kier alpha value is -3.04.